The number of benzene rings is 2. The highest BCUT2D eigenvalue weighted by Crippen LogP contribution is 2.34. The molecule has 0 saturated heterocycles. The van der Waals surface area contributed by atoms with E-state index in [4.69, 9.17) is 14.2 Å². The third kappa shape index (κ3) is 5.14. The van der Waals surface area contributed by atoms with Gasteiger partial charge in [0, 0.05) is 5.56 Å². The second-order valence-corrected chi connectivity index (χ2v) is 7.15. The Morgan fingerprint density at radius 2 is 1.41 bits per heavy atom. The molecule has 0 saturated carbocycles. The van der Waals surface area contributed by atoms with Crippen molar-refractivity contribution in [3.8, 4) is 16.9 Å². The average molecular weight is 434 g/mol. The van der Waals surface area contributed by atoms with Crippen LogP contribution >= 0.6 is 0 Å². The summed E-state index contributed by atoms with van der Waals surface area (Å²) in [6.07, 6.45) is 0. The van der Waals surface area contributed by atoms with Gasteiger partial charge in [-0.15, -0.1) is 0 Å². The number of rotatable bonds is 8. The number of aromatic nitrogens is 1. The van der Waals surface area contributed by atoms with Gasteiger partial charge in [-0.1, -0.05) is 42.5 Å². The summed E-state index contributed by atoms with van der Waals surface area (Å²) in [7, 11) is 0. The summed E-state index contributed by atoms with van der Waals surface area (Å²) >= 11 is 0. The van der Waals surface area contributed by atoms with E-state index in [1.807, 2.05) is 54.6 Å². The van der Waals surface area contributed by atoms with Crippen LogP contribution in [0.5, 0.6) is 5.75 Å². The van der Waals surface area contributed by atoms with Gasteiger partial charge in [0.25, 0.3) is 0 Å². The number of carbonyl (C=O) groups excluding carboxylic acids is 2. The van der Waals surface area contributed by atoms with Gasteiger partial charge in [0.2, 0.25) is 0 Å². The highest BCUT2D eigenvalue weighted by molar-refractivity contribution is 6.07. The maximum Gasteiger partial charge on any atom is 0.340 e. The lowest BCUT2D eigenvalue weighted by Crippen LogP contribution is -2.17. The fourth-order valence-electron chi connectivity index (χ4n) is 3.53. The van der Waals surface area contributed by atoms with Crippen molar-refractivity contribution in [3.63, 3.8) is 0 Å². The lowest BCUT2D eigenvalue weighted by atomic mass is 9.92. The number of hydrogen-bond acceptors (Lipinski definition) is 6. The second-order valence-electron chi connectivity index (χ2n) is 7.15. The first-order chi connectivity index (χ1) is 15.5. The SMILES string of the molecule is CCOC(=O)c1c(C)nc(C)c(C(=O)OCC)c1-c1cccc(OCc2ccccc2)c1. The van der Waals surface area contributed by atoms with E-state index in [1.165, 1.54) is 0 Å². The third-order valence-electron chi connectivity index (χ3n) is 4.89. The summed E-state index contributed by atoms with van der Waals surface area (Å²) in [5, 5.41) is 0. The Morgan fingerprint density at radius 1 is 0.812 bits per heavy atom. The van der Waals surface area contributed by atoms with Crippen molar-refractivity contribution in [3.05, 3.63) is 82.7 Å². The summed E-state index contributed by atoms with van der Waals surface area (Å²) in [6, 6.07) is 17.1. The Balaban J connectivity index is 2.12. The molecular weight excluding hydrogens is 406 g/mol. The van der Waals surface area contributed by atoms with Crippen molar-refractivity contribution < 1.29 is 23.8 Å². The lowest BCUT2D eigenvalue weighted by molar-refractivity contribution is 0.0525. The predicted molar refractivity (Wildman–Crippen MR) is 122 cm³/mol. The van der Waals surface area contributed by atoms with Gasteiger partial charge in [0.15, 0.2) is 0 Å². The van der Waals surface area contributed by atoms with Crippen molar-refractivity contribution in [1.29, 1.82) is 0 Å². The summed E-state index contributed by atoms with van der Waals surface area (Å²) in [6.45, 7) is 7.74. The maximum atomic E-state index is 12.9. The fourth-order valence-corrected chi connectivity index (χ4v) is 3.53. The Bertz CT molecular complexity index is 1070. The largest absolute Gasteiger partial charge is 0.489 e. The van der Waals surface area contributed by atoms with E-state index in [9.17, 15) is 9.59 Å². The van der Waals surface area contributed by atoms with Crippen molar-refractivity contribution in [2.45, 2.75) is 34.3 Å². The van der Waals surface area contributed by atoms with Crippen LogP contribution in [0, 0.1) is 13.8 Å². The maximum absolute atomic E-state index is 12.9. The van der Waals surface area contributed by atoms with E-state index in [0.29, 0.717) is 34.9 Å². The topological polar surface area (TPSA) is 74.7 Å². The minimum atomic E-state index is -0.534. The molecule has 2 aromatic carbocycles. The number of aryl methyl sites for hydroxylation is 2. The lowest BCUT2D eigenvalue weighted by Gasteiger charge is -2.18. The molecule has 0 radical (unpaired) electrons. The zero-order valence-corrected chi connectivity index (χ0v) is 18.8. The van der Waals surface area contributed by atoms with Gasteiger partial charge >= 0.3 is 11.9 Å². The smallest absolute Gasteiger partial charge is 0.340 e. The van der Waals surface area contributed by atoms with E-state index < -0.39 is 11.9 Å². The summed E-state index contributed by atoms with van der Waals surface area (Å²) in [5.41, 5.74) is 3.60. The Labute approximate surface area is 188 Å². The van der Waals surface area contributed by atoms with Crippen molar-refractivity contribution >= 4 is 11.9 Å². The molecule has 0 amide bonds. The molecule has 1 heterocycles. The van der Waals surface area contributed by atoms with Crippen LogP contribution in [0.3, 0.4) is 0 Å². The van der Waals surface area contributed by atoms with Crippen LogP contribution in [0.2, 0.25) is 0 Å². The van der Waals surface area contributed by atoms with E-state index in [1.54, 1.807) is 27.7 Å². The number of carbonyl (C=O) groups is 2. The molecule has 6 nitrogen and oxygen atoms in total. The van der Waals surface area contributed by atoms with Crippen molar-refractivity contribution in [2.24, 2.45) is 0 Å². The first-order valence-corrected chi connectivity index (χ1v) is 10.6. The van der Waals surface area contributed by atoms with E-state index >= 15 is 0 Å². The molecule has 0 aliphatic carbocycles. The van der Waals surface area contributed by atoms with Crippen LogP contribution in [0.25, 0.3) is 11.1 Å². The molecule has 0 atom stereocenters. The number of hydrogen-bond donors (Lipinski definition) is 0. The standard InChI is InChI=1S/C26H27NO5/c1-5-30-25(28)22-17(3)27-18(4)23(26(29)31-6-2)24(22)20-13-10-14-21(15-20)32-16-19-11-8-7-9-12-19/h7-15H,5-6,16H2,1-4H3. The fraction of sp³-hybridized carbons (Fsp3) is 0.269. The predicted octanol–water partition coefficient (Wildman–Crippen LogP) is 5.30. The molecule has 3 rings (SSSR count). The molecule has 32 heavy (non-hydrogen) atoms. The normalized spacial score (nSPS) is 10.5. The van der Waals surface area contributed by atoms with E-state index in [2.05, 4.69) is 4.98 Å². The van der Waals surface area contributed by atoms with Crippen LogP contribution in [0.4, 0.5) is 0 Å². The summed E-state index contributed by atoms with van der Waals surface area (Å²) < 4.78 is 16.5. The van der Waals surface area contributed by atoms with E-state index in [0.717, 1.165) is 5.56 Å². The van der Waals surface area contributed by atoms with Gasteiger partial charge in [-0.05, 0) is 51.0 Å². The molecule has 0 aliphatic rings. The van der Waals surface area contributed by atoms with E-state index in [-0.39, 0.29) is 24.3 Å². The molecule has 0 N–H and O–H groups in total. The Hall–Kier alpha value is -3.67. The van der Waals surface area contributed by atoms with Gasteiger partial charge in [0.05, 0.1) is 35.7 Å². The van der Waals surface area contributed by atoms with Gasteiger partial charge in [-0.3, -0.25) is 4.98 Å². The van der Waals surface area contributed by atoms with Gasteiger partial charge in [-0.2, -0.15) is 0 Å². The molecule has 0 fully saturated rings. The zero-order chi connectivity index (χ0) is 23.1. The number of nitrogens with zero attached hydrogens (tertiary/aromatic N) is 1. The molecule has 3 aromatic rings. The van der Waals surface area contributed by atoms with Gasteiger partial charge < -0.3 is 14.2 Å². The van der Waals surface area contributed by atoms with Crippen LogP contribution < -0.4 is 4.74 Å². The third-order valence-corrected chi connectivity index (χ3v) is 4.89. The number of esters is 2. The molecule has 166 valence electrons. The first kappa shape index (κ1) is 23.0. The molecular formula is C26H27NO5. The monoisotopic (exact) mass is 433 g/mol. The highest BCUT2D eigenvalue weighted by atomic mass is 16.5. The molecule has 0 spiro atoms. The number of ether oxygens (including phenoxy) is 3. The van der Waals surface area contributed by atoms with Crippen LogP contribution in [-0.2, 0) is 16.1 Å². The summed E-state index contributed by atoms with van der Waals surface area (Å²) in [4.78, 5) is 30.1. The van der Waals surface area contributed by atoms with Gasteiger partial charge in [0.1, 0.15) is 12.4 Å². The second kappa shape index (κ2) is 10.6. The summed E-state index contributed by atoms with van der Waals surface area (Å²) in [5.74, 6) is -0.453. The van der Waals surface area contributed by atoms with Gasteiger partial charge in [-0.25, -0.2) is 9.59 Å². The van der Waals surface area contributed by atoms with Crippen molar-refractivity contribution in [1.82, 2.24) is 4.98 Å². The van der Waals surface area contributed by atoms with Crippen LogP contribution in [0.15, 0.2) is 54.6 Å². The minimum Gasteiger partial charge on any atom is -0.489 e. The number of pyridine rings is 1. The Morgan fingerprint density at radius 3 is 1.97 bits per heavy atom. The quantitative estimate of drug-likeness (QED) is 0.449. The molecule has 0 unspecified atom stereocenters. The first-order valence-electron chi connectivity index (χ1n) is 10.6. The van der Waals surface area contributed by atoms with Crippen molar-refractivity contribution in [2.75, 3.05) is 13.2 Å². The highest BCUT2D eigenvalue weighted by Gasteiger charge is 2.28. The Kier molecular flexibility index (Phi) is 7.60. The minimum absolute atomic E-state index is 0.209. The molecule has 1 aromatic heterocycles. The molecule has 0 aliphatic heterocycles. The average Bonchev–Trinajstić information content (AvgIpc) is 2.78. The molecule has 0 bridgehead atoms. The molecule has 6 heteroatoms. The van der Waals surface area contributed by atoms with Crippen LogP contribution in [0.1, 0.15) is 51.5 Å². The van der Waals surface area contributed by atoms with Crippen LogP contribution in [-0.4, -0.2) is 30.1 Å². The zero-order valence-electron chi connectivity index (χ0n) is 18.8.